The first-order valence-electron chi connectivity index (χ1n) is 6.91. The minimum absolute atomic E-state index is 0.226. The van der Waals surface area contributed by atoms with Crippen molar-refractivity contribution in [3.63, 3.8) is 0 Å². The van der Waals surface area contributed by atoms with Gasteiger partial charge in [0.1, 0.15) is 5.69 Å². The number of amides is 2. The van der Waals surface area contributed by atoms with Crippen molar-refractivity contribution in [1.29, 1.82) is 0 Å². The van der Waals surface area contributed by atoms with Gasteiger partial charge in [-0.05, 0) is 48.8 Å². The molecule has 6 heteroatoms. The highest BCUT2D eigenvalue weighted by Crippen LogP contribution is 2.49. The van der Waals surface area contributed by atoms with Crippen LogP contribution in [0.2, 0.25) is 0 Å². The number of hydrogen-bond donors (Lipinski definition) is 2. The normalized spacial score (nSPS) is 27.2. The van der Waals surface area contributed by atoms with Crippen LogP contribution >= 0.6 is 0 Å². The smallest absolute Gasteiger partial charge is 0.315 e. The lowest BCUT2D eigenvalue weighted by Crippen LogP contribution is -2.58. The number of aromatic nitrogens is 1. The minimum Gasteiger partial charge on any atom is -0.335 e. The van der Waals surface area contributed by atoms with Gasteiger partial charge in [-0.15, -0.1) is 0 Å². The lowest BCUT2D eigenvalue weighted by Gasteiger charge is -2.53. The van der Waals surface area contributed by atoms with Crippen LogP contribution in [-0.4, -0.2) is 17.1 Å². The van der Waals surface area contributed by atoms with Crippen molar-refractivity contribution in [2.75, 3.05) is 0 Å². The molecule has 108 valence electrons. The molecule has 4 nitrogen and oxygen atoms in total. The Balaban J connectivity index is 1.46. The van der Waals surface area contributed by atoms with Gasteiger partial charge in [0.15, 0.2) is 0 Å². The molecule has 2 unspecified atom stereocenters. The van der Waals surface area contributed by atoms with Crippen LogP contribution in [0.25, 0.3) is 0 Å². The van der Waals surface area contributed by atoms with Gasteiger partial charge in [0.25, 0.3) is 6.43 Å². The third-order valence-electron chi connectivity index (χ3n) is 4.39. The van der Waals surface area contributed by atoms with Crippen molar-refractivity contribution in [1.82, 2.24) is 15.6 Å². The standard InChI is InChI=1S/C14H17F2N3O/c15-13(16)12-5-8(3-4-17-12)7-18-14(20)19-11-6-9-1-2-10(9)11/h3-5,9-11,13H,1-2,6-7H2,(H2,18,19,20)/t9?,10?,11-/m0/s1. The topological polar surface area (TPSA) is 54.0 Å². The largest absolute Gasteiger partial charge is 0.335 e. The number of carbonyl (C=O) groups excluding carboxylic acids is 1. The van der Waals surface area contributed by atoms with E-state index in [9.17, 15) is 13.6 Å². The highest BCUT2D eigenvalue weighted by molar-refractivity contribution is 5.74. The van der Waals surface area contributed by atoms with E-state index in [1.54, 1.807) is 6.07 Å². The van der Waals surface area contributed by atoms with Gasteiger partial charge in [0.05, 0.1) is 0 Å². The number of alkyl halides is 2. The fraction of sp³-hybridized carbons (Fsp3) is 0.571. The highest BCUT2D eigenvalue weighted by Gasteiger charge is 2.47. The summed E-state index contributed by atoms with van der Waals surface area (Å²) in [5, 5.41) is 5.64. The van der Waals surface area contributed by atoms with Crippen LogP contribution in [0, 0.1) is 11.8 Å². The molecular formula is C14H17F2N3O. The van der Waals surface area contributed by atoms with E-state index in [-0.39, 0.29) is 18.3 Å². The summed E-state index contributed by atoms with van der Waals surface area (Å²) in [5.74, 6) is 1.47. The number of rotatable bonds is 4. The Kier molecular flexibility index (Phi) is 3.54. The second-order valence-electron chi connectivity index (χ2n) is 5.56. The third kappa shape index (κ3) is 2.59. The molecule has 1 aromatic rings. The minimum atomic E-state index is -2.59. The number of pyridine rings is 1. The summed E-state index contributed by atoms with van der Waals surface area (Å²) < 4.78 is 25.0. The number of urea groups is 1. The first kappa shape index (κ1) is 13.3. The average Bonchev–Trinajstić information content (AvgIpc) is 2.42. The van der Waals surface area contributed by atoms with Gasteiger partial charge < -0.3 is 10.6 Å². The number of fused-ring (bicyclic) bond motifs is 1. The van der Waals surface area contributed by atoms with E-state index >= 15 is 0 Å². The SMILES string of the molecule is O=C(NCc1ccnc(C(F)F)c1)N[C@H]1CC2CCC21. The van der Waals surface area contributed by atoms with Crippen molar-refractivity contribution in [2.45, 2.75) is 38.3 Å². The number of nitrogens with one attached hydrogen (secondary N) is 2. The molecule has 3 atom stereocenters. The lowest BCUT2D eigenvalue weighted by molar-refractivity contribution is 0.0113. The zero-order valence-electron chi connectivity index (χ0n) is 11.0. The van der Waals surface area contributed by atoms with E-state index < -0.39 is 6.43 Å². The molecule has 2 amide bonds. The van der Waals surface area contributed by atoms with Crippen molar-refractivity contribution in [2.24, 2.45) is 11.8 Å². The lowest BCUT2D eigenvalue weighted by atomic mass is 9.56. The summed E-state index contributed by atoms with van der Waals surface area (Å²) in [4.78, 5) is 15.3. The first-order valence-corrected chi connectivity index (χ1v) is 6.91. The van der Waals surface area contributed by atoms with Gasteiger partial charge in [-0.3, -0.25) is 4.98 Å². The van der Waals surface area contributed by atoms with Gasteiger partial charge in [-0.1, -0.05) is 0 Å². The molecule has 0 spiro atoms. The molecule has 2 saturated carbocycles. The summed E-state index contributed by atoms with van der Waals surface area (Å²) in [5.41, 5.74) is 0.363. The summed E-state index contributed by atoms with van der Waals surface area (Å²) in [6, 6.07) is 3.01. The maximum absolute atomic E-state index is 12.5. The van der Waals surface area contributed by atoms with Gasteiger partial charge in [-0.25, -0.2) is 13.6 Å². The average molecular weight is 281 g/mol. The Morgan fingerprint density at radius 1 is 1.45 bits per heavy atom. The maximum atomic E-state index is 12.5. The second kappa shape index (κ2) is 5.34. The quantitative estimate of drug-likeness (QED) is 0.891. The van der Waals surface area contributed by atoms with Crippen LogP contribution in [0.4, 0.5) is 13.6 Å². The molecule has 0 aliphatic heterocycles. The Hall–Kier alpha value is -1.72. The summed E-state index contributed by atoms with van der Waals surface area (Å²) in [6.07, 6.45) is 2.31. The van der Waals surface area contributed by atoms with Crippen LogP contribution in [0.3, 0.4) is 0 Å². The number of halogens is 2. The van der Waals surface area contributed by atoms with Crippen LogP contribution in [0.1, 0.15) is 36.9 Å². The number of nitrogens with zero attached hydrogens (tertiary/aromatic N) is 1. The van der Waals surface area contributed by atoms with Gasteiger partial charge >= 0.3 is 6.03 Å². The fourth-order valence-corrected chi connectivity index (χ4v) is 3.01. The molecule has 1 heterocycles. The van der Waals surface area contributed by atoms with Gasteiger partial charge in [-0.2, -0.15) is 0 Å². The molecule has 1 aromatic heterocycles. The van der Waals surface area contributed by atoms with E-state index in [4.69, 9.17) is 0 Å². The van der Waals surface area contributed by atoms with Crippen LogP contribution in [0.15, 0.2) is 18.3 Å². The molecular weight excluding hydrogens is 264 g/mol. The van der Waals surface area contributed by atoms with Gasteiger partial charge in [0, 0.05) is 18.8 Å². The van der Waals surface area contributed by atoms with Crippen molar-refractivity contribution < 1.29 is 13.6 Å². The Morgan fingerprint density at radius 2 is 2.30 bits per heavy atom. The van der Waals surface area contributed by atoms with Crippen LogP contribution in [-0.2, 0) is 6.54 Å². The molecule has 20 heavy (non-hydrogen) atoms. The second-order valence-corrected chi connectivity index (χ2v) is 5.56. The number of carbonyl (C=O) groups is 1. The number of hydrogen-bond acceptors (Lipinski definition) is 2. The van der Waals surface area contributed by atoms with Crippen molar-refractivity contribution in [3.8, 4) is 0 Å². The zero-order valence-corrected chi connectivity index (χ0v) is 11.0. The maximum Gasteiger partial charge on any atom is 0.315 e. The predicted octanol–water partition coefficient (Wildman–Crippen LogP) is 2.62. The van der Waals surface area contributed by atoms with E-state index in [0.717, 1.165) is 12.3 Å². The fourth-order valence-electron chi connectivity index (χ4n) is 3.01. The molecule has 2 fully saturated rings. The zero-order chi connectivity index (χ0) is 14.1. The molecule has 2 aliphatic carbocycles. The molecule has 0 radical (unpaired) electrons. The van der Waals surface area contributed by atoms with E-state index in [0.29, 0.717) is 17.5 Å². The molecule has 2 N–H and O–H groups in total. The molecule has 0 bridgehead atoms. The van der Waals surface area contributed by atoms with Crippen LogP contribution in [0.5, 0.6) is 0 Å². The van der Waals surface area contributed by atoms with E-state index in [1.807, 2.05) is 0 Å². The van der Waals surface area contributed by atoms with E-state index in [1.165, 1.54) is 25.1 Å². The monoisotopic (exact) mass is 281 g/mol. The predicted molar refractivity (Wildman–Crippen MR) is 69.2 cm³/mol. The first-order chi connectivity index (χ1) is 9.63. The van der Waals surface area contributed by atoms with Gasteiger partial charge in [0.2, 0.25) is 0 Å². The Labute approximate surface area is 116 Å². The van der Waals surface area contributed by atoms with E-state index in [2.05, 4.69) is 15.6 Å². The van der Waals surface area contributed by atoms with Crippen molar-refractivity contribution in [3.05, 3.63) is 29.6 Å². The van der Waals surface area contributed by atoms with Crippen LogP contribution < -0.4 is 10.6 Å². The molecule has 0 aromatic carbocycles. The third-order valence-corrected chi connectivity index (χ3v) is 4.39. The molecule has 3 rings (SSSR count). The molecule has 0 saturated heterocycles. The molecule has 2 aliphatic rings. The Bertz CT molecular complexity index is 509. The Morgan fingerprint density at radius 3 is 2.90 bits per heavy atom. The summed E-state index contributed by atoms with van der Waals surface area (Å²) >= 11 is 0. The summed E-state index contributed by atoms with van der Waals surface area (Å²) in [6.45, 7) is 0.231. The van der Waals surface area contributed by atoms with Crippen molar-refractivity contribution >= 4 is 6.03 Å². The summed E-state index contributed by atoms with van der Waals surface area (Å²) in [7, 11) is 0. The highest BCUT2D eigenvalue weighted by atomic mass is 19.3.